The third kappa shape index (κ3) is 3.17. The molecule has 0 unspecified atom stereocenters. The van der Waals surface area contributed by atoms with Crippen molar-refractivity contribution in [3.63, 3.8) is 0 Å². The Labute approximate surface area is 153 Å². The largest absolute Gasteiger partial charge is 0.383 e. The molecule has 0 spiro atoms. The van der Waals surface area contributed by atoms with Gasteiger partial charge in [-0.25, -0.2) is 9.97 Å². The van der Waals surface area contributed by atoms with Crippen molar-refractivity contribution in [3.05, 3.63) is 30.2 Å². The normalized spacial score (nSPS) is 15.9. The number of hydrogen-bond acceptors (Lipinski definition) is 6. The van der Waals surface area contributed by atoms with Gasteiger partial charge in [-0.15, -0.1) is 0 Å². The molecule has 1 aliphatic rings. The Balaban J connectivity index is 1.63. The molecule has 4 rings (SSSR count). The Morgan fingerprint density at radius 3 is 2.65 bits per heavy atom. The van der Waals surface area contributed by atoms with E-state index in [1.54, 1.807) is 13.3 Å². The fraction of sp³-hybridized carbons (Fsp3) is 0.500. The van der Waals surface area contributed by atoms with E-state index >= 15 is 0 Å². The molecule has 0 atom stereocenters. The standard InChI is InChI=1S/C18H25N7O/c1-14-12-17(24-8-6-23(7-9-24)10-11-26-3)25-16(20-14)13-15(21-25)18-19-4-5-22(18)2/h4-5,12-13H,6-11H2,1-3H3. The predicted molar refractivity (Wildman–Crippen MR) is 100 cm³/mol. The van der Waals surface area contributed by atoms with E-state index in [0.29, 0.717) is 0 Å². The fourth-order valence-electron chi connectivity index (χ4n) is 3.45. The van der Waals surface area contributed by atoms with Crippen molar-refractivity contribution < 1.29 is 4.74 Å². The minimum Gasteiger partial charge on any atom is -0.383 e. The monoisotopic (exact) mass is 355 g/mol. The van der Waals surface area contributed by atoms with Crippen molar-refractivity contribution in [2.45, 2.75) is 6.92 Å². The van der Waals surface area contributed by atoms with E-state index < -0.39 is 0 Å². The van der Waals surface area contributed by atoms with Crippen LogP contribution in [0.2, 0.25) is 0 Å². The van der Waals surface area contributed by atoms with Gasteiger partial charge >= 0.3 is 0 Å². The first kappa shape index (κ1) is 17.0. The molecule has 0 N–H and O–H groups in total. The summed E-state index contributed by atoms with van der Waals surface area (Å²) in [6.45, 7) is 7.80. The minimum absolute atomic E-state index is 0.783. The van der Waals surface area contributed by atoms with Crippen LogP contribution in [0, 0.1) is 6.92 Å². The summed E-state index contributed by atoms with van der Waals surface area (Å²) >= 11 is 0. The summed E-state index contributed by atoms with van der Waals surface area (Å²) in [4.78, 5) is 13.9. The molecule has 1 saturated heterocycles. The molecule has 1 aliphatic heterocycles. The van der Waals surface area contributed by atoms with Crippen LogP contribution in [0.5, 0.6) is 0 Å². The number of anilines is 1. The second-order valence-electron chi connectivity index (χ2n) is 6.74. The average Bonchev–Trinajstić information content (AvgIpc) is 3.25. The summed E-state index contributed by atoms with van der Waals surface area (Å²) in [6.07, 6.45) is 3.72. The summed E-state index contributed by atoms with van der Waals surface area (Å²) in [6, 6.07) is 4.13. The van der Waals surface area contributed by atoms with E-state index in [2.05, 4.69) is 25.8 Å². The van der Waals surface area contributed by atoms with Crippen molar-refractivity contribution in [2.75, 3.05) is 51.3 Å². The van der Waals surface area contributed by atoms with Gasteiger partial charge in [-0.05, 0) is 6.92 Å². The first-order chi connectivity index (χ1) is 12.7. The van der Waals surface area contributed by atoms with Gasteiger partial charge in [0.1, 0.15) is 11.5 Å². The van der Waals surface area contributed by atoms with Gasteiger partial charge in [-0.2, -0.15) is 9.61 Å². The molecule has 0 radical (unpaired) electrons. The SMILES string of the molecule is COCCN1CCN(c2cc(C)nc3cc(-c4nccn4C)nn23)CC1. The summed E-state index contributed by atoms with van der Waals surface area (Å²) in [5, 5.41) is 4.80. The lowest BCUT2D eigenvalue weighted by molar-refractivity contribution is 0.144. The van der Waals surface area contributed by atoms with Gasteiger partial charge in [0.15, 0.2) is 11.5 Å². The van der Waals surface area contributed by atoms with Crippen LogP contribution in [-0.4, -0.2) is 75.5 Å². The fourth-order valence-corrected chi connectivity index (χ4v) is 3.45. The van der Waals surface area contributed by atoms with Gasteiger partial charge in [-0.3, -0.25) is 4.90 Å². The highest BCUT2D eigenvalue weighted by atomic mass is 16.5. The number of hydrogen-bond donors (Lipinski definition) is 0. The van der Waals surface area contributed by atoms with Gasteiger partial charge in [0, 0.05) is 77.1 Å². The number of rotatable bonds is 5. The number of aryl methyl sites for hydroxylation is 2. The Morgan fingerprint density at radius 1 is 1.15 bits per heavy atom. The molecule has 1 fully saturated rings. The second-order valence-corrected chi connectivity index (χ2v) is 6.74. The number of nitrogens with zero attached hydrogens (tertiary/aromatic N) is 7. The molecule has 4 heterocycles. The van der Waals surface area contributed by atoms with Crippen molar-refractivity contribution in [1.29, 1.82) is 0 Å². The molecular weight excluding hydrogens is 330 g/mol. The summed E-state index contributed by atoms with van der Waals surface area (Å²) < 4.78 is 9.11. The molecule has 0 bridgehead atoms. The highest BCUT2D eigenvalue weighted by Crippen LogP contribution is 2.23. The van der Waals surface area contributed by atoms with Gasteiger partial charge in [0.05, 0.1) is 6.61 Å². The van der Waals surface area contributed by atoms with Crippen LogP contribution >= 0.6 is 0 Å². The predicted octanol–water partition coefficient (Wildman–Crippen LogP) is 1.21. The topological polar surface area (TPSA) is 63.7 Å². The molecule has 8 nitrogen and oxygen atoms in total. The quantitative estimate of drug-likeness (QED) is 0.685. The maximum absolute atomic E-state index is 5.19. The van der Waals surface area contributed by atoms with Crippen LogP contribution < -0.4 is 4.90 Å². The number of fused-ring (bicyclic) bond motifs is 1. The van der Waals surface area contributed by atoms with Gasteiger partial charge < -0.3 is 14.2 Å². The molecule has 0 aliphatic carbocycles. The van der Waals surface area contributed by atoms with E-state index in [9.17, 15) is 0 Å². The van der Waals surface area contributed by atoms with Gasteiger partial charge in [0.2, 0.25) is 0 Å². The minimum atomic E-state index is 0.783. The van der Waals surface area contributed by atoms with Crippen LogP contribution in [0.3, 0.4) is 0 Å². The van der Waals surface area contributed by atoms with Crippen molar-refractivity contribution >= 4 is 11.5 Å². The smallest absolute Gasteiger partial charge is 0.160 e. The molecule has 26 heavy (non-hydrogen) atoms. The zero-order chi connectivity index (χ0) is 18.1. The third-order valence-electron chi connectivity index (χ3n) is 4.89. The Morgan fingerprint density at radius 2 is 1.96 bits per heavy atom. The van der Waals surface area contributed by atoms with Crippen LogP contribution in [0.1, 0.15) is 5.69 Å². The number of piperazine rings is 1. The molecule has 0 aromatic carbocycles. The highest BCUT2D eigenvalue weighted by Gasteiger charge is 2.21. The molecule has 3 aromatic rings. The third-order valence-corrected chi connectivity index (χ3v) is 4.89. The number of ether oxygens (including phenoxy) is 1. The first-order valence-electron chi connectivity index (χ1n) is 8.97. The average molecular weight is 355 g/mol. The zero-order valence-electron chi connectivity index (χ0n) is 15.6. The van der Waals surface area contributed by atoms with E-state index in [-0.39, 0.29) is 0 Å². The molecular formula is C18H25N7O. The molecule has 8 heteroatoms. The van der Waals surface area contributed by atoms with Crippen LogP contribution in [0.15, 0.2) is 24.5 Å². The Bertz CT molecular complexity index is 892. The van der Waals surface area contributed by atoms with Crippen molar-refractivity contribution in [2.24, 2.45) is 7.05 Å². The van der Waals surface area contributed by atoms with Crippen LogP contribution in [0.4, 0.5) is 5.82 Å². The van der Waals surface area contributed by atoms with Crippen molar-refractivity contribution in [1.82, 2.24) is 29.0 Å². The van der Waals surface area contributed by atoms with Gasteiger partial charge in [-0.1, -0.05) is 0 Å². The van der Waals surface area contributed by atoms with E-state index in [4.69, 9.17) is 9.84 Å². The Hall–Kier alpha value is -2.45. The van der Waals surface area contributed by atoms with E-state index in [0.717, 1.165) is 68.0 Å². The van der Waals surface area contributed by atoms with Crippen LogP contribution in [0.25, 0.3) is 17.2 Å². The summed E-state index contributed by atoms with van der Waals surface area (Å²) in [7, 11) is 3.73. The molecule has 0 amide bonds. The Kier molecular flexibility index (Phi) is 4.60. The molecule has 138 valence electrons. The lowest BCUT2D eigenvalue weighted by Crippen LogP contribution is -2.47. The maximum Gasteiger partial charge on any atom is 0.160 e. The molecule has 3 aromatic heterocycles. The number of imidazole rings is 1. The lowest BCUT2D eigenvalue weighted by atomic mass is 10.3. The number of methoxy groups -OCH3 is 1. The summed E-state index contributed by atoms with van der Waals surface area (Å²) in [5.41, 5.74) is 2.70. The second kappa shape index (κ2) is 7.05. The van der Waals surface area contributed by atoms with E-state index in [1.165, 1.54) is 0 Å². The van der Waals surface area contributed by atoms with Gasteiger partial charge in [0.25, 0.3) is 0 Å². The molecule has 0 saturated carbocycles. The van der Waals surface area contributed by atoms with Crippen LogP contribution in [-0.2, 0) is 11.8 Å². The number of aromatic nitrogens is 5. The highest BCUT2D eigenvalue weighted by molar-refractivity contribution is 5.61. The lowest BCUT2D eigenvalue weighted by Gasteiger charge is -2.35. The first-order valence-corrected chi connectivity index (χ1v) is 8.97. The maximum atomic E-state index is 5.19. The van der Waals surface area contributed by atoms with Crippen molar-refractivity contribution in [3.8, 4) is 11.5 Å². The van der Waals surface area contributed by atoms with E-state index in [1.807, 2.05) is 35.3 Å². The zero-order valence-corrected chi connectivity index (χ0v) is 15.6. The summed E-state index contributed by atoms with van der Waals surface area (Å²) in [5.74, 6) is 1.95.